The van der Waals surface area contributed by atoms with Crippen molar-refractivity contribution in [3.63, 3.8) is 0 Å². The second kappa shape index (κ2) is 6.86. The molecule has 3 rings (SSSR count). The molecule has 1 atom stereocenters. The Bertz CT molecular complexity index is 921. The molecule has 9 nitrogen and oxygen atoms in total. The third-order valence-electron chi connectivity index (χ3n) is 4.29. The van der Waals surface area contributed by atoms with Crippen LogP contribution in [0.3, 0.4) is 0 Å². The highest BCUT2D eigenvalue weighted by Gasteiger charge is 2.32. The molecule has 1 aliphatic rings. The number of thiazole rings is 1. The molecule has 1 unspecified atom stereocenters. The summed E-state index contributed by atoms with van der Waals surface area (Å²) in [7, 11) is 1.91. The molecule has 2 amide bonds. The summed E-state index contributed by atoms with van der Waals surface area (Å²) in [5.74, 6) is -0.653. The average Bonchev–Trinajstić information content (AvgIpc) is 3.05. The highest BCUT2D eigenvalue weighted by atomic mass is 32.1. The second-order valence-electron chi connectivity index (χ2n) is 6.16. The number of aromatic nitrogens is 1. The Morgan fingerprint density at radius 3 is 2.81 bits per heavy atom. The van der Waals surface area contributed by atoms with Crippen molar-refractivity contribution < 1.29 is 9.72 Å². The van der Waals surface area contributed by atoms with Crippen LogP contribution in [0.1, 0.15) is 25.3 Å². The number of fused-ring (bicyclic) bond motifs is 1. The van der Waals surface area contributed by atoms with E-state index < -0.39 is 10.8 Å². The van der Waals surface area contributed by atoms with E-state index in [9.17, 15) is 20.2 Å². The van der Waals surface area contributed by atoms with E-state index in [2.05, 4.69) is 11.1 Å². The first-order valence-corrected chi connectivity index (χ1v) is 8.91. The van der Waals surface area contributed by atoms with Crippen LogP contribution in [-0.4, -0.2) is 52.7 Å². The van der Waals surface area contributed by atoms with E-state index in [0.717, 1.165) is 0 Å². The molecule has 1 fully saturated rings. The van der Waals surface area contributed by atoms with Crippen molar-refractivity contribution in [3.05, 3.63) is 27.8 Å². The van der Waals surface area contributed by atoms with Gasteiger partial charge in [0.05, 0.1) is 46.0 Å². The molecule has 1 saturated heterocycles. The Labute approximate surface area is 154 Å². The zero-order chi connectivity index (χ0) is 19.0. The minimum Gasteiger partial charge on any atom is -0.312 e. The van der Waals surface area contributed by atoms with Crippen molar-refractivity contribution in [2.24, 2.45) is 0 Å². The summed E-state index contributed by atoms with van der Waals surface area (Å²) < 4.78 is 0.576. The van der Waals surface area contributed by atoms with E-state index >= 15 is 0 Å². The molecule has 26 heavy (non-hydrogen) atoms. The molecule has 0 radical (unpaired) electrons. The number of nitro benzene ring substituents is 1. The SMILES string of the molecule is CCN1CN(C)CN(c2nc3ccc([N+](=O)[O-])c(C(C)C#N)c3s2)C1=O. The highest BCUT2D eigenvalue weighted by molar-refractivity contribution is 7.22. The number of hydrogen-bond acceptors (Lipinski definition) is 7. The number of carbonyl (C=O) groups is 1. The van der Waals surface area contributed by atoms with Crippen LogP contribution >= 0.6 is 11.3 Å². The lowest BCUT2D eigenvalue weighted by atomic mass is 10.0. The minimum atomic E-state index is -0.653. The van der Waals surface area contributed by atoms with Gasteiger partial charge in [0, 0.05) is 12.6 Å². The number of anilines is 1. The average molecular weight is 374 g/mol. The zero-order valence-electron chi connectivity index (χ0n) is 14.7. The van der Waals surface area contributed by atoms with Gasteiger partial charge < -0.3 is 4.90 Å². The van der Waals surface area contributed by atoms with E-state index in [4.69, 9.17) is 0 Å². The number of amides is 2. The number of benzene rings is 1. The second-order valence-corrected chi connectivity index (χ2v) is 7.13. The van der Waals surface area contributed by atoms with Gasteiger partial charge in [0.15, 0.2) is 5.13 Å². The van der Waals surface area contributed by atoms with Crippen molar-refractivity contribution in [2.75, 3.05) is 31.8 Å². The summed E-state index contributed by atoms with van der Waals surface area (Å²) in [4.78, 5) is 33.3. The first-order chi connectivity index (χ1) is 12.4. The van der Waals surface area contributed by atoms with E-state index in [-0.39, 0.29) is 11.7 Å². The number of carbonyl (C=O) groups excluding carboxylic acids is 1. The van der Waals surface area contributed by atoms with Crippen LogP contribution in [0.2, 0.25) is 0 Å². The number of nitriles is 1. The maximum absolute atomic E-state index is 12.7. The third kappa shape index (κ3) is 2.95. The fourth-order valence-corrected chi connectivity index (χ4v) is 4.18. The number of nitro groups is 1. The van der Waals surface area contributed by atoms with Crippen LogP contribution in [0.4, 0.5) is 15.6 Å². The number of hydrogen-bond donors (Lipinski definition) is 0. The van der Waals surface area contributed by atoms with Gasteiger partial charge in [-0.3, -0.25) is 19.9 Å². The topological polar surface area (TPSA) is 107 Å². The van der Waals surface area contributed by atoms with Gasteiger partial charge >= 0.3 is 6.03 Å². The largest absolute Gasteiger partial charge is 0.328 e. The van der Waals surface area contributed by atoms with Crippen LogP contribution in [0.15, 0.2) is 12.1 Å². The maximum Gasteiger partial charge on any atom is 0.328 e. The Kier molecular flexibility index (Phi) is 4.76. The van der Waals surface area contributed by atoms with Gasteiger partial charge in [0.1, 0.15) is 0 Å². The molecule has 1 aliphatic heterocycles. The summed E-state index contributed by atoms with van der Waals surface area (Å²) in [5, 5.41) is 21.1. The Balaban J connectivity index is 2.14. The first-order valence-electron chi connectivity index (χ1n) is 8.09. The summed E-state index contributed by atoms with van der Waals surface area (Å²) in [6.07, 6.45) is 0. The number of rotatable bonds is 4. The lowest BCUT2D eigenvalue weighted by Gasteiger charge is -2.38. The molecule has 2 heterocycles. The monoisotopic (exact) mass is 374 g/mol. The van der Waals surface area contributed by atoms with Gasteiger partial charge in [-0.2, -0.15) is 5.26 Å². The lowest BCUT2D eigenvalue weighted by molar-refractivity contribution is -0.385. The van der Waals surface area contributed by atoms with Gasteiger partial charge in [0.25, 0.3) is 5.69 Å². The van der Waals surface area contributed by atoms with Crippen molar-refractivity contribution >= 4 is 38.4 Å². The Hall–Kier alpha value is -2.77. The van der Waals surface area contributed by atoms with Crippen molar-refractivity contribution in [3.8, 4) is 6.07 Å². The van der Waals surface area contributed by atoms with Crippen molar-refractivity contribution in [1.82, 2.24) is 14.8 Å². The Morgan fingerprint density at radius 2 is 2.19 bits per heavy atom. The van der Waals surface area contributed by atoms with Gasteiger partial charge in [-0.15, -0.1) is 0 Å². The summed E-state index contributed by atoms with van der Waals surface area (Å²) in [6.45, 7) is 5.04. The molecule has 2 aromatic rings. The molecular weight excluding hydrogens is 356 g/mol. The van der Waals surface area contributed by atoms with E-state index in [1.165, 1.54) is 17.4 Å². The van der Waals surface area contributed by atoms with Gasteiger partial charge in [0.2, 0.25) is 0 Å². The molecule has 0 bridgehead atoms. The molecule has 136 valence electrons. The number of urea groups is 1. The first kappa shape index (κ1) is 18.0. The van der Waals surface area contributed by atoms with Gasteiger partial charge in [-0.05, 0) is 27.0 Å². The molecular formula is C16H18N6O3S. The standard InChI is InChI=1S/C16H18N6O3S/c1-4-20-8-19(3)9-21(16(20)23)15-18-11-5-6-12(22(24)25)13(10(2)7-17)14(11)26-15/h5-6,10H,4,8-9H2,1-3H3. The predicted octanol–water partition coefficient (Wildman–Crippen LogP) is 2.94. The normalized spacial score (nSPS) is 16.8. The third-order valence-corrected chi connectivity index (χ3v) is 5.42. The van der Waals surface area contributed by atoms with Gasteiger partial charge in [-0.25, -0.2) is 9.78 Å². The molecule has 1 aromatic heterocycles. The predicted molar refractivity (Wildman–Crippen MR) is 98.1 cm³/mol. The van der Waals surface area contributed by atoms with E-state index in [0.29, 0.717) is 40.8 Å². The van der Waals surface area contributed by atoms with Crippen LogP contribution in [0, 0.1) is 21.4 Å². The lowest BCUT2D eigenvalue weighted by Crippen LogP contribution is -2.56. The number of nitrogens with zero attached hydrogens (tertiary/aromatic N) is 6. The highest BCUT2D eigenvalue weighted by Crippen LogP contribution is 2.40. The van der Waals surface area contributed by atoms with Crippen LogP contribution in [-0.2, 0) is 0 Å². The van der Waals surface area contributed by atoms with Crippen LogP contribution in [0.5, 0.6) is 0 Å². The molecule has 0 spiro atoms. The van der Waals surface area contributed by atoms with Crippen molar-refractivity contribution in [2.45, 2.75) is 19.8 Å². The van der Waals surface area contributed by atoms with E-state index in [1.54, 1.807) is 22.8 Å². The van der Waals surface area contributed by atoms with Crippen LogP contribution < -0.4 is 4.90 Å². The minimum absolute atomic E-state index is 0.0981. The quantitative estimate of drug-likeness (QED) is 0.601. The van der Waals surface area contributed by atoms with E-state index in [1.807, 2.05) is 18.9 Å². The fraction of sp³-hybridized carbons (Fsp3) is 0.438. The molecule has 10 heteroatoms. The summed E-state index contributed by atoms with van der Waals surface area (Å²) in [6, 6.07) is 4.86. The van der Waals surface area contributed by atoms with Crippen molar-refractivity contribution in [1.29, 1.82) is 5.26 Å². The summed E-state index contributed by atoms with van der Waals surface area (Å²) >= 11 is 1.21. The fourth-order valence-electron chi connectivity index (χ4n) is 2.99. The smallest absolute Gasteiger partial charge is 0.312 e. The maximum atomic E-state index is 12.7. The Morgan fingerprint density at radius 1 is 1.46 bits per heavy atom. The molecule has 1 aromatic carbocycles. The zero-order valence-corrected chi connectivity index (χ0v) is 15.5. The molecule has 0 saturated carbocycles. The molecule has 0 aliphatic carbocycles. The molecule has 0 N–H and O–H groups in total. The summed E-state index contributed by atoms with van der Waals surface area (Å²) in [5.41, 5.74) is 0.805. The van der Waals surface area contributed by atoms with Gasteiger partial charge in [-0.1, -0.05) is 11.3 Å². The van der Waals surface area contributed by atoms with Crippen LogP contribution in [0.25, 0.3) is 10.2 Å².